The number of hydrogen-bond acceptors (Lipinski definition) is 3. The monoisotopic (exact) mass is 175 g/mol. The van der Waals surface area contributed by atoms with Crippen LogP contribution in [0.1, 0.15) is 11.3 Å². The lowest BCUT2D eigenvalue weighted by molar-refractivity contribution is 0.530. The Balaban J connectivity index is 2.89. The summed E-state index contributed by atoms with van der Waals surface area (Å²) in [6, 6.07) is 1.60. The van der Waals surface area contributed by atoms with Crippen molar-refractivity contribution < 1.29 is 12.8 Å². The van der Waals surface area contributed by atoms with Crippen LogP contribution >= 0.6 is 0 Å². The third-order valence-corrected chi connectivity index (χ3v) is 2.04. The molecule has 0 amide bonds. The number of aryl methyl sites for hydroxylation is 1. The highest BCUT2D eigenvalue weighted by molar-refractivity contribution is 7.88. The van der Waals surface area contributed by atoms with Gasteiger partial charge in [0.25, 0.3) is 0 Å². The van der Waals surface area contributed by atoms with Gasteiger partial charge in [-0.15, -0.1) is 0 Å². The first-order valence-electron chi connectivity index (χ1n) is 3.02. The highest BCUT2D eigenvalue weighted by atomic mass is 32.2. The van der Waals surface area contributed by atoms with Crippen LogP contribution in [0.3, 0.4) is 0 Å². The zero-order valence-corrected chi connectivity index (χ0v) is 6.89. The summed E-state index contributed by atoms with van der Waals surface area (Å²) in [5.41, 5.74) is 0.618. The first kappa shape index (κ1) is 8.29. The predicted octanol–water partition coefficient (Wildman–Crippen LogP) is 0.377. The van der Waals surface area contributed by atoms with Crippen LogP contribution in [-0.4, -0.2) is 8.42 Å². The smallest absolute Gasteiger partial charge is 0.213 e. The number of sulfonamides is 1. The third kappa shape index (κ3) is 2.36. The second-order valence-corrected chi connectivity index (χ2v) is 3.92. The van der Waals surface area contributed by atoms with Crippen LogP contribution in [-0.2, 0) is 15.8 Å². The fraction of sp³-hybridized carbons (Fsp3) is 0.333. The van der Waals surface area contributed by atoms with Gasteiger partial charge in [0.2, 0.25) is 10.0 Å². The first-order chi connectivity index (χ1) is 4.99. The molecule has 0 saturated heterocycles. The van der Waals surface area contributed by atoms with Crippen LogP contribution in [0.25, 0.3) is 0 Å². The summed E-state index contributed by atoms with van der Waals surface area (Å²) in [5, 5.41) is 4.83. The van der Waals surface area contributed by atoms with Gasteiger partial charge in [-0.2, -0.15) is 0 Å². The van der Waals surface area contributed by atoms with Gasteiger partial charge < -0.3 is 4.42 Å². The molecule has 4 nitrogen and oxygen atoms in total. The van der Waals surface area contributed by atoms with E-state index in [0.717, 1.165) is 0 Å². The van der Waals surface area contributed by atoms with Gasteiger partial charge in [0.05, 0.1) is 12.0 Å². The summed E-state index contributed by atoms with van der Waals surface area (Å²) in [7, 11) is -3.43. The van der Waals surface area contributed by atoms with Crippen LogP contribution in [0.2, 0.25) is 0 Å². The standard InChI is InChI=1S/C6H9NO3S/c1-5-6(2-3-10-5)4-11(7,8)9/h2-3H,4H2,1H3,(H2,7,8,9). The number of rotatable bonds is 2. The molecule has 11 heavy (non-hydrogen) atoms. The Morgan fingerprint density at radius 2 is 2.27 bits per heavy atom. The van der Waals surface area contributed by atoms with Gasteiger partial charge >= 0.3 is 0 Å². The fourth-order valence-electron chi connectivity index (χ4n) is 0.778. The molecule has 62 valence electrons. The van der Waals surface area contributed by atoms with Crippen LogP contribution in [0.4, 0.5) is 0 Å². The van der Waals surface area contributed by atoms with Gasteiger partial charge in [0, 0.05) is 5.56 Å². The van der Waals surface area contributed by atoms with E-state index in [2.05, 4.69) is 0 Å². The minimum absolute atomic E-state index is 0.157. The minimum atomic E-state index is -3.43. The molecule has 0 radical (unpaired) electrons. The number of hydrogen-bond donors (Lipinski definition) is 1. The van der Waals surface area contributed by atoms with E-state index >= 15 is 0 Å². The number of nitrogens with two attached hydrogens (primary N) is 1. The van der Waals surface area contributed by atoms with E-state index in [1.807, 2.05) is 0 Å². The van der Waals surface area contributed by atoms with Gasteiger partial charge in [-0.1, -0.05) is 0 Å². The Morgan fingerprint density at radius 1 is 1.64 bits per heavy atom. The Morgan fingerprint density at radius 3 is 2.64 bits per heavy atom. The van der Waals surface area contributed by atoms with Gasteiger partial charge in [0.1, 0.15) is 5.76 Å². The lowest BCUT2D eigenvalue weighted by Crippen LogP contribution is -2.14. The molecule has 0 bridgehead atoms. The Labute approximate surface area is 65.1 Å². The normalized spacial score (nSPS) is 11.8. The lowest BCUT2D eigenvalue weighted by atomic mass is 10.3. The van der Waals surface area contributed by atoms with Gasteiger partial charge in [-0.3, -0.25) is 0 Å². The maximum absolute atomic E-state index is 10.6. The molecule has 1 aromatic rings. The van der Waals surface area contributed by atoms with Crippen LogP contribution in [0.15, 0.2) is 16.7 Å². The third-order valence-electron chi connectivity index (χ3n) is 1.32. The Kier molecular flexibility index (Phi) is 2.01. The molecule has 0 spiro atoms. The van der Waals surface area contributed by atoms with Crippen molar-refractivity contribution in [1.29, 1.82) is 0 Å². The first-order valence-corrected chi connectivity index (χ1v) is 4.74. The van der Waals surface area contributed by atoms with Crippen LogP contribution in [0.5, 0.6) is 0 Å². The number of primary sulfonamides is 1. The van der Waals surface area contributed by atoms with Crippen molar-refractivity contribution in [3.05, 3.63) is 23.7 Å². The van der Waals surface area contributed by atoms with E-state index in [4.69, 9.17) is 9.56 Å². The molecule has 0 aliphatic carbocycles. The SMILES string of the molecule is Cc1occc1CS(N)(=O)=O. The van der Waals surface area contributed by atoms with E-state index in [0.29, 0.717) is 11.3 Å². The topological polar surface area (TPSA) is 73.3 Å². The summed E-state index contributed by atoms with van der Waals surface area (Å²) >= 11 is 0. The molecule has 5 heteroatoms. The Bertz CT molecular complexity index is 338. The summed E-state index contributed by atoms with van der Waals surface area (Å²) in [6.07, 6.45) is 1.44. The fourth-order valence-corrected chi connectivity index (χ4v) is 1.51. The zero-order valence-electron chi connectivity index (χ0n) is 6.07. The molecule has 2 N–H and O–H groups in total. The van der Waals surface area contributed by atoms with Crippen molar-refractivity contribution in [2.24, 2.45) is 5.14 Å². The maximum Gasteiger partial charge on any atom is 0.213 e. The molecule has 0 aromatic carbocycles. The average Bonchev–Trinajstić information content (AvgIpc) is 2.12. The molecular formula is C6H9NO3S. The Hall–Kier alpha value is -0.810. The minimum Gasteiger partial charge on any atom is -0.469 e. The summed E-state index contributed by atoms with van der Waals surface area (Å²) < 4.78 is 26.1. The van der Waals surface area contributed by atoms with Crippen molar-refractivity contribution in [2.75, 3.05) is 0 Å². The van der Waals surface area contributed by atoms with Crippen molar-refractivity contribution in [3.63, 3.8) is 0 Å². The van der Waals surface area contributed by atoms with E-state index < -0.39 is 10.0 Å². The molecule has 0 aliphatic rings. The largest absolute Gasteiger partial charge is 0.469 e. The van der Waals surface area contributed by atoms with Crippen molar-refractivity contribution in [2.45, 2.75) is 12.7 Å². The molecule has 1 aromatic heterocycles. The van der Waals surface area contributed by atoms with Crippen molar-refractivity contribution in [3.8, 4) is 0 Å². The van der Waals surface area contributed by atoms with E-state index in [1.54, 1.807) is 13.0 Å². The molecule has 0 saturated carbocycles. The molecular weight excluding hydrogens is 166 g/mol. The quantitative estimate of drug-likeness (QED) is 0.706. The predicted molar refractivity (Wildman–Crippen MR) is 40.3 cm³/mol. The second kappa shape index (κ2) is 2.67. The van der Waals surface area contributed by atoms with Gasteiger partial charge in [-0.05, 0) is 13.0 Å². The summed E-state index contributed by atoms with van der Waals surface area (Å²) in [6.45, 7) is 1.69. The molecule has 0 atom stereocenters. The maximum atomic E-state index is 10.6. The molecule has 0 aliphatic heterocycles. The summed E-state index contributed by atoms with van der Waals surface area (Å²) in [5.74, 6) is 0.439. The number of furan rings is 1. The molecule has 1 rings (SSSR count). The van der Waals surface area contributed by atoms with Crippen LogP contribution < -0.4 is 5.14 Å². The van der Waals surface area contributed by atoms with Crippen molar-refractivity contribution in [1.82, 2.24) is 0 Å². The summed E-state index contributed by atoms with van der Waals surface area (Å²) in [4.78, 5) is 0. The average molecular weight is 175 g/mol. The molecule has 0 unspecified atom stereocenters. The zero-order chi connectivity index (χ0) is 8.48. The highest BCUT2D eigenvalue weighted by Crippen LogP contribution is 2.10. The van der Waals surface area contributed by atoms with Gasteiger partial charge in [0.15, 0.2) is 0 Å². The lowest BCUT2D eigenvalue weighted by Gasteiger charge is -1.94. The van der Waals surface area contributed by atoms with Crippen LogP contribution in [0, 0.1) is 6.92 Å². The van der Waals surface area contributed by atoms with E-state index in [-0.39, 0.29) is 5.75 Å². The molecule has 1 heterocycles. The molecule has 0 fully saturated rings. The highest BCUT2D eigenvalue weighted by Gasteiger charge is 2.08. The van der Waals surface area contributed by atoms with E-state index in [9.17, 15) is 8.42 Å². The van der Waals surface area contributed by atoms with E-state index in [1.165, 1.54) is 6.26 Å². The van der Waals surface area contributed by atoms with Gasteiger partial charge in [-0.25, -0.2) is 13.6 Å². The van der Waals surface area contributed by atoms with Crippen molar-refractivity contribution >= 4 is 10.0 Å². The second-order valence-electron chi connectivity index (χ2n) is 2.31.